The van der Waals surface area contributed by atoms with Crippen molar-refractivity contribution in [1.29, 1.82) is 0 Å². The van der Waals surface area contributed by atoms with Crippen molar-refractivity contribution in [3.63, 3.8) is 0 Å². The molecule has 0 saturated carbocycles. The van der Waals surface area contributed by atoms with E-state index in [1.54, 1.807) is 0 Å². The fourth-order valence-electron chi connectivity index (χ4n) is 2.80. The molecule has 0 aliphatic carbocycles. The predicted molar refractivity (Wildman–Crippen MR) is 79.3 cm³/mol. The standard InChI is InChI=1S/C14H25N5/c1-8(2)12-16-13(18-15)11(5)14(17-12)19-7-9(3)6-10(19)4/h8-10H,6-7,15H2,1-5H3,(H,16,17,18). The predicted octanol–water partition coefficient (Wildman–Crippen LogP) is 2.43. The van der Waals surface area contributed by atoms with Gasteiger partial charge in [0, 0.05) is 24.1 Å². The minimum atomic E-state index is 0.293. The van der Waals surface area contributed by atoms with Crippen LogP contribution in [0.25, 0.3) is 0 Å². The molecule has 5 heteroatoms. The monoisotopic (exact) mass is 263 g/mol. The number of nitrogens with one attached hydrogen (secondary N) is 1. The molecule has 5 nitrogen and oxygen atoms in total. The zero-order valence-corrected chi connectivity index (χ0v) is 12.6. The van der Waals surface area contributed by atoms with Crippen LogP contribution in [0.4, 0.5) is 11.6 Å². The van der Waals surface area contributed by atoms with Gasteiger partial charge in [-0.25, -0.2) is 15.8 Å². The first-order valence-corrected chi connectivity index (χ1v) is 7.05. The van der Waals surface area contributed by atoms with Crippen molar-refractivity contribution < 1.29 is 0 Å². The molecule has 1 aromatic rings. The SMILES string of the molecule is Cc1c(NN)nc(C(C)C)nc1N1CC(C)CC1C. The number of rotatable bonds is 3. The molecule has 1 aliphatic heterocycles. The van der Waals surface area contributed by atoms with Gasteiger partial charge < -0.3 is 10.3 Å². The Bertz CT molecular complexity index is 457. The highest BCUT2D eigenvalue weighted by molar-refractivity contribution is 5.59. The summed E-state index contributed by atoms with van der Waals surface area (Å²) in [7, 11) is 0. The lowest BCUT2D eigenvalue weighted by atomic mass is 10.1. The Labute approximate surface area is 115 Å². The van der Waals surface area contributed by atoms with Crippen LogP contribution >= 0.6 is 0 Å². The number of nitrogens with zero attached hydrogens (tertiary/aromatic N) is 3. The molecule has 1 saturated heterocycles. The molecule has 1 aliphatic rings. The summed E-state index contributed by atoms with van der Waals surface area (Å²) in [6.45, 7) is 11.8. The number of nitrogen functional groups attached to an aromatic ring is 1. The van der Waals surface area contributed by atoms with Crippen LogP contribution in [0.1, 0.15) is 51.4 Å². The Morgan fingerprint density at radius 1 is 1.32 bits per heavy atom. The quantitative estimate of drug-likeness (QED) is 0.647. The molecule has 0 aromatic carbocycles. The molecule has 0 radical (unpaired) electrons. The van der Waals surface area contributed by atoms with E-state index in [0.717, 1.165) is 29.6 Å². The number of nitrogens with two attached hydrogens (primary N) is 1. The molecule has 0 amide bonds. The van der Waals surface area contributed by atoms with Crippen LogP contribution in [0.3, 0.4) is 0 Å². The van der Waals surface area contributed by atoms with Gasteiger partial charge in [0.15, 0.2) is 0 Å². The summed E-state index contributed by atoms with van der Waals surface area (Å²) in [5.74, 6) is 9.21. The van der Waals surface area contributed by atoms with Crippen LogP contribution in [0.2, 0.25) is 0 Å². The maximum absolute atomic E-state index is 5.59. The minimum absolute atomic E-state index is 0.293. The van der Waals surface area contributed by atoms with E-state index in [9.17, 15) is 0 Å². The van der Waals surface area contributed by atoms with Crippen LogP contribution in [0, 0.1) is 12.8 Å². The second-order valence-corrected chi connectivity index (χ2v) is 6.02. The number of hydrogen-bond donors (Lipinski definition) is 2. The number of hydrazine groups is 1. The van der Waals surface area contributed by atoms with Gasteiger partial charge in [0.05, 0.1) is 0 Å². The number of anilines is 2. The van der Waals surface area contributed by atoms with E-state index in [-0.39, 0.29) is 0 Å². The number of hydrogen-bond acceptors (Lipinski definition) is 5. The summed E-state index contributed by atoms with van der Waals surface area (Å²) in [5, 5.41) is 0. The fraction of sp³-hybridized carbons (Fsp3) is 0.714. The molecule has 1 aromatic heterocycles. The van der Waals surface area contributed by atoms with Gasteiger partial charge in [-0.15, -0.1) is 0 Å². The molecule has 2 heterocycles. The average molecular weight is 263 g/mol. The van der Waals surface area contributed by atoms with E-state index in [0.29, 0.717) is 17.9 Å². The van der Waals surface area contributed by atoms with Crippen LogP contribution in [-0.4, -0.2) is 22.6 Å². The first-order valence-electron chi connectivity index (χ1n) is 7.05. The molecule has 3 N–H and O–H groups in total. The van der Waals surface area contributed by atoms with Crippen LogP contribution < -0.4 is 16.2 Å². The highest BCUT2D eigenvalue weighted by atomic mass is 15.3. The molecule has 19 heavy (non-hydrogen) atoms. The van der Waals surface area contributed by atoms with Gasteiger partial charge in [-0.3, -0.25) is 0 Å². The zero-order chi connectivity index (χ0) is 14.2. The minimum Gasteiger partial charge on any atom is -0.353 e. The van der Waals surface area contributed by atoms with E-state index < -0.39 is 0 Å². The number of aromatic nitrogens is 2. The molecular formula is C14H25N5. The third kappa shape index (κ3) is 2.66. The molecule has 2 atom stereocenters. The van der Waals surface area contributed by atoms with Gasteiger partial charge in [-0.05, 0) is 26.2 Å². The third-order valence-corrected chi connectivity index (χ3v) is 3.85. The summed E-state index contributed by atoms with van der Waals surface area (Å²) >= 11 is 0. The summed E-state index contributed by atoms with van der Waals surface area (Å²) in [5.41, 5.74) is 3.74. The average Bonchev–Trinajstić information content (AvgIpc) is 2.68. The lowest BCUT2D eigenvalue weighted by Gasteiger charge is -2.26. The van der Waals surface area contributed by atoms with E-state index in [4.69, 9.17) is 10.8 Å². The van der Waals surface area contributed by atoms with Crippen LogP contribution in [-0.2, 0) is 0 Å². The van der Waals surface area contributed by atoms with Gasteiger partial charge in [0.2, 0.25) is 0 Å². The molecular weight excluding hydrogens is 238 g/mol. The van der Waals surface area contributed by atoms with Gasteiger partial charge in [0.25, 0.3) is 0 Å². The Morgan fingerprint density at radius 2 is 2.00 bits per heavy atom. The largest absolute Gasteiger partial charge is 0.353 e. The lowest BCUT2D eigenvalue weighted by Crippen LogP contribution is -2.29. The highest BCUT2D eigenvalue weighted by Crippen LogP contribution is 2.32. The summed E-state index contributed by atoms with van der Waals surface area (Å²) < 4.78 is 0. The van der Waals surface area contributed by atoms with Crippen molar-refractivity contribution in [2.24, 2.45) is 11.8 Å². The summed E-state index contributed by atoms with van der Waals surface area (Å²) in [4.78, 5) is 11.6. The van der Waals surface area contributed by atoms with Gasteiger partial charge in [0.1, 0.15) is 17.5 Å². The van der Waals surface area contributed by atoms with E-state index in [1.165, 1.54) is 6.42 Å². The maximum atomic E-state index is 5.59. The second kappa shape index (κ2) is 5.33. The van der Waals surface area contributed by atoms with Crippen molar-refractivity contribution in [2.75, 3.05) is 16.9 Å². The molecule has 2 rings (SSSR count). The van der Waals surface area contributed by atoms with Crippen molar-refractivity contribution in [3.8, 4) is 0 Å². The van der Waals surface area contributed by atoms with E-state index >= 15 is 0 Å². The van der Waals surface area contributed by atoms with Crippen molar-refractivity contribution >= 4 is 11.6 Å². The smallest absolute Gasteiger partial charge is 0.148 e. The first-order chi connectivity index (χ1) is 8.93. The maximum Gasteiger partial charge on any atom is 0.148 e. The van der Waals surface area contributed by atoms with Crippen molar-refractivity contribution in [3.05, 3.63) is 11.4 Å². The second-order valence-electron chi connectivity index (χ2n) is 6.02. The van der Waals surface area contributed by atoms with Gasteiger partial charge in [-0.1, -0.05) is 20.8 Å². The molecule has 0 spiro atoms. The summed E-state index contributed by atoms with van der Waals surface area (Å²) in [6.07, 6.45) is 1.21. The Kier molecular flexibility index (Phi) is 3.94. The van der Waals surface area contributed by atoms with E-state index in [2.05, 4.69) is 43.0 Å². The van der Waals surface area contributed by atoms with Crippen LogP contribution in [0.5, 0.6) is 0 Å². The van der Waals surface area contributed by atoms with Gasteiger partial charge in [-0.2, -0.15) is 0 Å². The van der Waals surface area contributed by atoms with E-state index in [1.807, 2.05) is 6.92 Å². The first kappa shape index (κ1) is 14.1. The Morgan fingerprint density at radius 3 is 2.47 bits per heavy atom. The van der Waals surface area contributed by atoms with Crippen molar-refractivity contribution in [2.45, 2.75) is 53.0 Å². The lowest BCUT2D eigenvalue weighted by molar-refractivity contribution is 0.625. The van der Waals surface area contributed by atoms with Crippen molar-refractivity contribution in [1.82, 2.24) is 9.97 Å². The summed E-state index contributed by atoms with van der Waals surface area (Å²) in [6, 6.07) is 0.522. The fourth-order valence-corrected chi connectivity index (χ4v) is 2.80. The Hall–Kier alpha value is -1.36. The molecule has 106 valence electrons. The Balaban J connectivity index is 2.46. The highest BCUT2D eigenvalue weighted by Gasteiger charge is 2.29. The topological polar surface area (TPSA) is 67.1 Å². The molecule has 2 unspecified atom stereocenters. The normalized spacial score (nSPS) is 23.2. The molecule has 1 fully saturated rings. The van der Waals surface area contributed by atoms with Gasteiger partial charge >= 0.3 is 0 Å². The third-order valence-electron chi connectivity index (χ3n) is 3.85. The molecule has 0 bridgehead atoms. The zero-order valence-electron chi connectivity index (χ0n) is 12.6. The van der Waals surface area contributed by atoms with Crippen LogP contribution in [0.15, 0.2) is 0 Å².